The topological polar surface area (TPSA) is 120 Å². The lowest BCUT2D eigenvalue weighted by Crippen LogP contribution is -2.48. The number of carbonyl (C=O) groups is 2. The van der Waals surface area contributed by atoms with Crippen molar-refractivity contribution in [2.24, 2.45) is 0 Å². The van der Waals surface area contributed by atoms with Crippen molar-refractivity contribution >= 4 is 38.9 Å². The number of carbonyl (C=O) groups excluding carboxylic acids is 2. The number of hydrogen-bond acceptors (Lipinski definition) is 7. The molecule has 12 heteroatoms. The van der Waals surface area contributed by atoms with Gasteiger partial charge in [-0.3, -0.25) is 9.59 Å². The third-order valence-corrected chi connectivity index (χ3v) is 11.0. The fraction of sp³-hybridized carbons (Fsp3) is 0.200. The number of hydrogen-bond donors (Lipinski definition) is 0. The van der Waals surface area contributed by atoms with E-state index < -0.39 is 15.8 Å². The molecule has 2 aliphatic rings. The van der Waals surface area contributed by atoms with Gasteiger partial charge in [0.15, 0.2) is 5.69 Å². The summed E-state index contributed by atoms with van der Waals surface area (Å²) in [5.74, 6) is -0.796. The normalized spacial score (nSPS) is 15.0. The number of aryl methyl sites for hydroxylation is 1. The van der Waals surface area contributed by atoms with E-state index in [1.165, 1.54) is 4.68 Å². The van der Waals surface area contributed by atoms with E-state index in [1.807, 2.05) is 48.5 Å². The molecule has 10 nitrogen and oxygen atoms in total. The van der Waals surface area contributed by atoms with Gasteiger partial charge in [-0.25, -0.2) is 8.42 Å². The fourth-order valence-corrected chi connectivity index (χ4v) is 8.06. The Labute approximate surface area is 277 Å². The number of sulfonamides is 1. The van der Waals surface area contributed by atoms with E-state index in [-0.39, 0.29) is 39.7 Å². The zero-order valence-corrected chi connectivity index (χ0v) is 26.8. The molecule has 0 saturated carbocycles. The van der Waals surface area contributed by atoms with Crippen molar-refractivity contribution in [1.29, 1.82) is 0 Å². The number of anilines is 1. The Balaban J connectivity index is 0.974. The van der Waals surface area contributed by atoms with Gasteiger partial charge in [-0.2, -0.15) is 4.31 Å². The molecule has 0 N–H and O–H groups in total. The molecule has 0 bridgehead atoms. The Morgan fingerprint density at radius 2 is 1.38 bits per heavy atom. The van der Waals surface area contributed by atoms with Crippen molar-refractivity contribution in [2.75, 3.05) is 31.1 Å². The summed E-state index contributed by atoms with van der Waals surface area (Å²) < 4.78 is 30.2. The highest BCUT2D eigenvalue weighted by Gasteiger charge is 2.39. The lowest BCUT2D eigenvalue weighted by atomic mass is 9.90. The Morgan fingerprint density at radius 3 is 2.06 bits per heavy atom. The van der Waals surface area contributed by atoms with Gasteiger partial charge >= 0.3 is 0 Å². The number of benzene rings is 4. The molecular formula is C35H30ClN5O5S. The average Bonchev–Trinajstić information content (AvgIpc) is 3.44. The third kappa shape index (κ3) is 5.71. The van der Waals surface area contributed by atoms with Crippen LogP contribution < -0.4 is 9.86 Å². The maximum atomic E-state index is 13.7. The van der Waals surface area contributed by atoms with Gasteiger partial charge in [-0.1, -0.05) is 78.3 Å². The highest BCUT2D eigenvalue weighted by molar-refractivity contribution is 7.89. The third-order valence-electron chi connectivity index (χ3n) is 8.76. The number of aromatic nitrogens is 3. The first-order valence-corrected chi connectivity index (χ1v) is 17.1. The van der Waals surface area contributed by atoms with E-state index in [4.69, 9.17) is 11.6 Å². The summed E-state index contributed by atoms with van der Waals surface area (Å²) in [6.07, 6.45) is 1.20. The Hall–Kier alpha value is -4.84. The molecule has 1 aromatic heterocycles. The summed E-state index contributed by atoms with van der Waals surface area (Å²) in [6.45, 7) is 2.04. The van der Waals surface area contributed by atoms with E-state index in [0.717, 1.165) is 16.8 Å². The number of piperazine rings is 1. The molecule has 0 radical (unpaired) electrons. The summed E-state index contributed by atoms with van der Waals surface area (Å²) in [7, 11) is -3.72. The first-order valence-electron chi connectivity index (χ1n) is 15.3. The molecule has 47 heavy (non-hydrogen) atoms. The fourth-order valence-electron chi connectivity index (χ4n) is 6.30. The standard InChI is InChI=1S/C35H30ClN5O5S/c36-26-15-13-25(14-16-26)28-7-3-4-10-31(28)47(45,46)39-22-20-38(21-23-39)27-17-11-24(12-18-27)6-5-19-40-33-32(37-41(40)44)34(42)29-8-1-2-9-30(29)35(33)43/h1-4,7-18H,5-6,19-23H2. The minimum Gasteiger partial charge on any atom is -0.571 e. The van der Waals surface area contributed by atoms with Crippen molar-refractivity contribution in [2.45, 2.75) is 24.3 Å². The molecular weight excluding hydrogens is 638 g/mol. The number of fused-ring (bicyclic) bond motifs is 2. The minimum absolute atomic E-state index is 0.0358. The number of halogens is 1. The Kier molecular flexibility index (Phi) is 8.13. The van der Waals surface area contributed by atoms with E-state index in [0.29, 0.717) is 54.6 Å². The van der Waals surface area contributed by atoms with Crippen molar-refractivity contribution in [3.63, 3.8) is 0 Å². The molecule has 5 aromatic rings. The lowest BCUT2D eigenvalue weighted by Gasteiger charge is -2.35. The largest absolute Gasteiger partial charge is 0.571 e. The van der Waals surface area contributed by atoms with Crippen LogP contribution in [-0.2, 0) is 23.0 Å². The van der Waals surface area contributed by atoms with Crippen molar-refractivity contribution < 1.29 is 23.0 Å². The molecule has 0 spiro atoms. The smallest absolute Gasteiger partial charge is 0.243 e. The monoisotopic (exact) mass is 667 g/mol. The molecule has 0 unspecified atom stereocenters. The highest BCUT2D eigenvalue weighted by atomic mass is 35.5. The van der Waals surface area contributed by atoms with Crippen molar-refractivity contribution in [3.8, 4) is 11.1 Å². The van der Waals surface area contributed by atoms with Gasteiger partial charge in [-0.05, 0) is 54.3 Å². The second kappa shape index (κ2) is 12.4. The number of ketones is 2. The van der Waals surface area contributed by atoms with Crippen molar-refractivity contribution in [3.05, 3.63) is 135 Å². The molecule has 0 atom stereocenters. The van der Waals surface area contributed by atoms with Crippen LogP contribution in [0.1, 0.15) is 44.1 Å². The van der Waals surface area contributed by atoms with Gasteiger partial charge in [-0.15, -0.1) is 4.68 Å². The first-order chi connectivity index (χ1) is 22.7. The summed E-state index contributed by atoms with van der Waals surface area (Å²) in [6, 6.07) is 28.8. The Morgan fingerprint density at radius 1 is 0.766 bits per heavy atom. The van der Waals surface area contributed by atoms with Gasteiger partial charge in [0.2, 0.25) is 27.3 Å². The van der Waals surface area contributed by atoms with Crippen molar-refractivity contribution in [1.82, 2.24) is 14.1 Å². The van der Waals surface area contributed by atoms with Gasteiger partial charge in [0.1, 0.15) is 0 Å². The summed E-state index contributed by atoms with van der Waals surface area (Å²) in [4.78, 5) is 28.8. The molecule has 2 heterocycles. The first kappa shape index (κ1) is 30.8. The second-order valence-electron chi connectivity index (χ2n) is 11.5. The lowest BCUT2D eigenvalue weighted by molar-refractivity contribution is -0.749. The van der Waals surface area contributed by atoms with E-state index in [2.05, 4.69) is 10.00 Å². The van der Waals surface area contributed by atoms with Crippen LogP contribution in [0.3, 0.4) is 0 Å². The van der Waals surface area contributed by atoms with Gasteiger partial charge in [0, 0.05) is 63.6 Å². The molecule has 4 aromatic carbocycles. The molecule has 1 aliphatic heterocycles. The zero-order valence-electron chi connectivity index (χ0n) is 25.3. The highest BCUT2D eigenvalue weighted by Crippen LogP contribution is 2.31. The molecule has 238 valence electrons. The van der Waals surface area contributed by atoms with Crippen LogP contribution >= 0.6 is 11.6 Å². The van der Waals surface area contributed by atoms with Crippen LogP contribution in [0.15, 0.2) is 102 Å². The second-order valence-corrected chi connectivity index (χ2v) is 13.9. The van der Waals surface area contributed by atoms with Crippen LogP contribution in [0, 0.1) is 5.21 Å². The van der Waals surface area contributed by atoms with Crippen LogP contribution in [0.2, 0.25) is 5.02 Å². The number of rotatable bonds is 8. The van der Waals surface area contributed by atoms with E-state index in [9.17, 15) is 23.2 Å². The summed E-state index contributed by atoms with van der Waals surface area (Å²) in [5.41, 5.74) is 3.95. The SMILES string of the molecule is O=C1c2ccccc2C(=O)c2c1n[n+]([O-])n2CCCc1ccc(N2CCN(S(=O)(=O)c3ccccc3-c3ccc(Cl)cc3)CC2)cc1. The molecule has 1 saturated heterocycles. The molecule has 7 rings (SSSR count). The molecule has 0 amide bonds. The maximum absolute atomic E-state index is 13.7. The maximum Gasteiger partial charge on any atom is 0.243 e. The molecule has 1 aliphatic carbocycles. The average molecular weight is 668 g/mol. The van der Waals surface area contributed by atoms with Gasteiger partial charge in [0.05, 0.1) is 11.4 Å². The van der Waals surface area contributed by atoms with Crippen LogP contribution in [0.25, 0.3) is 11.1 Å². The van der Waals surface area contributed by atoms with Crippen LogP contribution in [0.5, 0.6) is 0 Å². The quantitative estimate of drug-likeness (QED) is 0.170. The Bertz CT molecular complexity index is 2110. The van der Waals surface area contributed by atoms with Gasteiger partial charge < -0.3 is 10.1 Å². The minimum atomic E-state index is -3.72. The predicted molar refractivity (Wildman–Crippen MR) is 177 cm³/mol. The summed E-state index contributed by atoms with van der Waals surface area (Å²) >= 11 is 6.05. The number of nitrogens with zero attached hydrogens (tertiary/aromatic N) is 5. The summed E-state index contributed by atoms with van der Waals surface area (Å²) in [5, 5.41) is 17.0. The van der Waals surface area contributed by atoms with Crippen LogP contribution in [0.4, 0.5) is 5.69 Å². The van der Waals surface area contributed by atoms with E-state index in [1.54, 1.807) is 52.8 Å². The van der Waals surface area contributed by atoms with Crippen LogP contribution in [-0.4, -0.2) is 60.2 Å². The molecule has 1 fully saturated rings. The van der Waals surface area contributed by atoms with E-state index >= 15 is 0 Å². The zero-order chi connectivity index (χ0) is 32.7. The predicted octanol–water partition coefficient (Wildman–Crippen LogP) is 4.76. The van der Waals surface area contributed by atoms with Gasteiger partial charge in [0.25, 0.3) is 0 Å².